The number of benzene rings is 1. The smallest absolute Gasteiger partial charge is 0.416 e. The Morgan fingerprint density at radius 3 is 2.50 bits per heavy atom. The topological polar surface area (TPSA) is 108 Å². The number of esters is 1. The van der Waals surface area contributed by atoms with Gasteiger partial charge in [0.05, 0.1) is 12.2 Å². The second kappa shape index (κ2) is 20.9. The third-order valence-corrected chi connectivity index (χ3v) is 5.26. The molecule has 8 nitrogen and oxygen atoms in total. The van der Waals surface area contributed by atoms with Gasteiger partial charge in [0.2, 0.25) is 0 Å². The lowest BCUT2D eigenvalue weighted by Gasteiger charge is -2.09. The third kappa shape index (κ3) is 18.2. The fourth-order valence-electron chi connectivity index (χ4n) is 3.44. The Balaban J connectivity index is 0.000000694. The van der Waals surface area contributed by atoms with Crippen molar-refractivity contribution in [3.8, 4) is 5.75 Å². The first-order valence-corrected chi connectivity index (χ1v) is 12.6. The first-order valence-electron chi connectivity index (χ1n) is 12.6. The Morgan fingerprint density at radius 1 is 1.21 bits per heavy atom. The molecule has 1 aliphatic carbocycles. The summed E-state index contributed by atoms with van der Waals surface area (Å²) in [6, 6.07) is 5.01. The van der Waals surface area contributed by atoms with Crippen LogP contribution >= 0.6 is 0 Å². The quantitative estimate of drug-likeness (QED) is 0.0962. The highest BCUT2D eigenvalue weighted by Gasteiger charge is 2.30. The van der Waals surface area contributed by atoms with Gasteiger partial charge in [0, 0.05) is 13.5 Å². The number of unbranched alkanes of at least 4 members (excludes halogenated alkanes) is 1. The molecule has 1 saturated carbocycles. The highest BCUT2D eigenvalue weighted by molar-refractivity contribution is 5.69. The Kier molecular flexibility index (Phi) is 19.2. The van der Waals surface area contributed by atoms with Gasteiger partial charge in [-0.25, -0.2) is 0 Å². The summed E-state index contributed by atoms with van der Waals surface area (Å²) in [6.45, 7) is 3.69. The Labute approximate surface area is 222 Å². The van der Waals surface area contributed by atoms with Crippen LogP contribution in [0.1, 0.15) is 70.8 Å². The van der Waals surface area contributed by atoms with Crippen LogP contribution in [0.2, 0.25) is 0 Å². The van der Waals surface area contributed by atoms with Gasteiger partial charge in [-0.15, -0.1) is 10.1 Å². The number of ether oxygens (including phenoxy) is 2. The summed E-state index contributed by atoms with van der Waals surface area (Å²) in [4.78, 5) is 25.2. The van der Waals surface area contributed by atoms with Gasteiger partial charge in [0.1, 0.15) is 18.5 Å². The number of hydrogen-bond acceptors (Lipinski definition) is 7. The molecule has 1 aliphatic rings. The lowest BCUT2D eigenvalue weighted by atomic mass is 10.1. The minimum Gasteiger partial charge on any atom is -0.493 e. The molecule has 216 valence electrons. The second-order valence-corrected chi connectivity index (χ2v) is 8.42. The highest BCUT2D eigenvalue weighted by Crippen LogP contribution is 2.31. The van der Waals surface area contributed by atoms with Crippen LogP contribution in [0.15, 0.2) is 48.6 Å². The largest absolute Gasteiger partial charge is 0.493 e. The average Bonchev–Trinajstić information content (AvgIpc) is 3.40. The maximum Gasteiger partial charge on any atom is 0.416 e. The maximum absolute atomic E-state index is 12.5. The molecule has 0 aliphatic heterocycles. The minimum absolute atomic E-state index is 0.0938. The van der Waals surface area contributed by atoms with Crippen LogP contribution in [0.3, 0.4) is 0 Å². The van der Waals surface area contributed by atoms with Crippen molar-refractivity contribution in [3.63, 3.8) is 0 Å². The Morgan fingerprint density at radius 2 is 1.89 bits per heavy atom. The lowest BCUT2D eigenvalue weighted by Crippen LogP contribution is -2.21. The highest BCUT2D eigenvalue weighted by atomic mass is 19.4. The van der Waals surface area contributed by atoms with Gasteiger partial charge < -0.3 is 19.4 Å². The van der Waals surface area contributed by atoms with E-state index in [0.29, 0.717) is 25.4 Å². The molecule has 0 spiro atoms. The van der Waals surface area contributed by atoms with Crippen molar-refractivity contribution in [2.45, 2.75) is 77.5 Å². The van der Waals surface area contributed by atoms with Crippen LogP contribution in [-0.4, -0.2) is 42.6 Å². The number of nitrogens with zero attached hydrogens (tertiary/aromatic N) is 1. The van der Waals surface area contributed by atoms with E-state index < -0.39 is 22.9 Å². The molecule has 0 radical (unpaired) electrons. The van der Waals surface area contributed by atoms with E-state index in [4.69, 9.17) is 14.6 Å². The predicted octanol–water partition coefficient (Wildman–Crippen LogP) is 6.70. The van der Waals surface area contributed by atoms with E-state index in [2.05, 4.69) is 17.0 Å². The Hall–Kier alpha value is -3.08. The monoisotopic (exact) mass is 547 g/mol. The molecule has 2 rings (SSSR count). The van der Waals surface area contributed by atoms with E-state index in [0.717, 1.165) is 32.1 Å². The molecule has 0 aromatic heterocycles. The SMILES string of the molecule is C/C=C\CCCC(=O)OCC(C)O[N+](=O)[O-].CO.FC(F)(F)c1cccc(OCC/C=C/C2CCCC2)c1. The van der Waals surface area contributed by atoms with Crippen LogP contribution in [0.5, 0.6) is 5.75 Å². The summed E-state index contributed by atoms with van der Waals surface area (Å²) >= 11 is 0. The van der Waals surface area contributed by atoms with Crippen molar-refractivity contribution in [1.82, 2.24) is 0 Å². The average molecular weight is 548 g/mol. The molecule has 38 heavy (non-hydrogen) atoms. The van der Waals surface area contributed by atoms with E-state index in [1.165, 1.54) is 38.7 Å². The zero-order chi connectivity index (χ0) is 28.8. The summed E-state index contributed by atoms with van der Waals surface area (Å²) < 4.78 is 47.7. The van der Waals surface area contributed by atoms with Crippen LogP contribution in [0.25, 0.3) is 0 Å². The molecule has 0 amide bonds. The van der Waals surface area contributed by atoms with E-state index in [1.54, 1.807) is 6.07 Å². The zero-order valence-corrected chi connectivity index (χ0v) is 22.3. The van der Waals surface area contributed by atoms with Gasteiger partial charge in [-0.3, -0.25) is 4.79 Å². The number of alkyl halides is 3. The molecule has 1 aromatic carbocycles. The summed E-state index contributed by atoms with van der Waals surface area (Å²) in [5, 5.41) is 16.0. The van der Waals surface area contributed by atoms with Crippen molar-refractivity contribution in [3.05, 3.63) is 64.2 Å². The van der Waals surface area contributed by atoms with Crippen LogP contribution in [0, 0.1) is 16.0 Å². The fourth-order valence-corrected chi connectivity index (χ4v) is 3.44. The number of aliphatic hydroxyl groups is 1. The number of aliphatic hydroxyl groups excluding tert-OH is 1. The molecule has 1 fully saturated rings. The predicted molar refractivity (Wildman–Crippen MR) is 138 cm³/mol. The molecule has 1 aromatic rings. The van der Waals surface area contributed by atoms with Gasteiger partial charge in [-0.2, -0.15) is 13.2 Å². The number of carbonyl (C=O) groups is 1. The second-order valence-electron chi connectivity index (χ2n) is 8.42. The van der Waals surface area contributed by atoms with E-state index in [1.807, 2.05) is 19.1 Å². The molecule has 1 unspecified atom stereocenters. The summed E-state index contributed by atoms with van der Waals surface area (Å²) in [6.07, 6.45) is 10.8. The normalized spacial score (nSPS) is 14.3. The van der Waals surface area contributed by atoms with Crippen molar-refractivity contribution >= 4 is 5.97 Å². The third-order valence-electron chi connectivity index (χ3n) is 5.26. The van der Waals surface area contributed by atoms with E-state index in [-0.39, 0.29) is 18.3 Å². The maximum atomic E-state index is 12.5. The molecule has 0 saturated heterocycles. The van der Waals surface area contributed by atoms with Gasteiger partial charge in [-0.1, -0.05) is 43.2 Å². The van der Waals surface area contributed by atoms with Gasteiger partial charge in [0.25, 0.3) is 5.09 Å². The zero-order valence-electron chi connectivity index (χ0n) is 22.3. The van der Waals surface area contributed by atoms with Crippen LogP contribution in [-0.2, 0) is 20.5 Å². The molecule has 11 heteroatoms. The summed E-state index contributed by atoms with van der Waals surface area (Å²) in [5.41, 5.74) is -0.670. The fraction of sp³-hybridized carbons (Fsp3) is 0.593. The number of allylic oxidation sites excluding steroid dienone is 3. The number of rotatable bonds is 13. The number of hydrogen-bond donors (Lipinski definition) is 1. The van der Waals surface area contributed by atoms with Gasteiger partial charge >= 0.3 is 12.1 Å². The molecule has 1 N–H and O–H groups in total. The number of halogens is 3. The standard InChI is InChI=1S/C16H19F3O.C10H17NO5.CH4O/c17-16(18,19)14-9-5-10-15(12-14)20-11-4-3-8-13-6-1-2-7-13;1-3-4-5-6-7-10(12)15-8-9(2)16-11(13)14;1-2/h3,5,8-10,12-13H,1-2,4,6-7,11H2;3-4,9H,5-8H2,1-2H3;2H,1H3/b8-3+;4-3-;. The van der Waals surface area contributed by atoms with Crippen LogP contribution < -0.4 is 4.74 Å². The van der Waals surface area contributed by atoms with Gasteiger partial charge in [-0.05, 0) is 70.1 Å². The van der Waals surface area contributed by atoms with Gasteiger partial charge in [0.15, 0.2) is 0 Å². The van der Waals surface area contributed by atoms with Crippen LogP contribution in [0.4, 0.5) is 13.2 Å². The molecule has 0 bridgehead atoms. The summed E-state index contributed by atoms with van der Waals surface area (Å²) in [7, 11) is 1.00. The number of carbonyl (C=O) groups excluding carboxylic acids is 1. The molecule has 1 atom stereocenters. The van der Waals surface area contributed by atoms with E-state index in [9.17, 15) is 28.1 Å². The Bertz CT molecular complexity index is 838. The van der Waals surface area contributed by atoms with Crippen molar-refractivity contribution in [2.24, 2.45) is 5.92 Å². The lowest BCUT2D eigenvalue weighted by molar-refractivity contribution is -0.767. The van der Waals surface area contributed by atoms with E-state index >= 15 is 0 Å². The molecular formula is C27H40F3NO7. The molecular weight excluding hydrogens is 507 g/mol. The first kappa shape index (κ1) is 34.9. The molecule has 0 heterocycles. The van der Waals surface area contributed by atoms with Crippen molar-refractivity contribution < 1.29 is 42.5 Å². The minimum atomic E-state index is -4.32. The summed E-state index contributed by atoms with van der Waals surface area (Å²) in [5.74, 6) is 0.598. The first-order chi connectivity index (χ1) is 18.1. The van der Waals surface area contributed by atoms with Crippen molar-refractivity contribution in [1.29, 1.82) is 0 Å². The van der Waals surface area contributed by atoms with Crippen molar-refractivity contribution in [2.75, 3.05) is 20.3 Å².